The van der Waals surface area contributed by atoms with Crippen LogP contribution in [0.5, 0.6) is 11.6 Å². The highest BCUT2D eigenvalue weighted by Gasteiger charge is 2.19. The highest BCUT2D eigenvalue weighted by Crippen LogP contribution is 2.28. The third kappa shape index (κ3) is 3.76. The van der Waals surface area contributed by atoms with Gasteiger partial charge in [-0.05, 0) is 43.3 Å². The predicted octanol–water partition coefficient (Wildman–Crippen LogP) is 5.09. The van der Waals surface area contributed by atoms with Gasteiger partial charge in [-0.2, -0.15) is 0 Å². The number of aryl methyl sites for hydroxylation is 1. The van der Waals surface area contributed by atoms with Gasteiger partial charge in [0, 0.05) is 11.8 Å². The third-order valence-corrected chi connectivity index (χ3v) is 4.01. The average molecular weight is 371 g/mol. The van der Waals surface area contributed by atoms with Gasteiger partial charge in [0.05, 0.1) is 0 Å². The number of nitrogens with zero attached hydrogens (tertiary/aromatic N) is 2. The van der Waals surface area contributed by atoms with Crippen LogP contribution in [0, 0.1) is 6.92 Å². The Morgan fingerprint density at radius 2 is 1.68 bits per heavy atom. The Morgan fingerprint density at radius 1 is 0.964 bits per heavy atom. The number of para-hydroxylation sites is 1. The van der Waals surface area contributed by atoms with Gasteiger partial charge in [0.2, 0.25) is 11.8 Å². The molecule has 6 nitrogen and oxygen atoms in total. The first-order valence-corrected chi connectivity index (χ1v) is 8.73. The number of carbonyl (C=O) groups excluding carboxylic acids is 1. The molecule has 1 N–H and O–H groups in total. The van der Waals surface area contributed by atoms with E-state index in [1.54, 1.807) is 25.3 Å². The number of pyridine rings is 1. The Labute approximate surface area is 161 Å². The van der Waals surface area contributed by atoms with Crippen molar-refractivity contribution in [1.29, 1.82) is 0 Å². The Balaban J connectivity index is 1.57. The van der Waals surface area contributed by atoms with Gasteiger partial charge in [-0.15, -0.1) is 0 Å². The number of hydrogen-bond acceptors (Lipinski definition) is 5. The fraction of sp³-hybridized carbons (Fsp3) is 0.0455. The number of oxazole rings is 1. The van der Waals surface area contributed by atoms with Crippen LogP contribution < -0.4 is 10.1 Å². The van der Waals surface area contributed by atoms with E-state index in [0.29, 0.717) is 29.0 Å². The molecule has 2 aromatic heterocycles. The number of aromatic nitrogens is 2. The fourth-order valence-corrected chi connectivity index (χ4v) is 2.66. The molecule has 0 saturated carbocycles. The van der Waals surface area contributed by atoms with E-state index in [-0.39, 0.29) is 5.69 Å². The minimum Gasteiger partial charge on any atom is -0.441 e. The molecule has 0 radical (unpaired) electrons. The molecule has 0 unspecified atom stereocenters. The van der Waals surface area contributed by atoms with E-state index in [2.05, 4.69) is 15.3 Å². The molecular weight excluding hydrogens is 354 g/mol. The lowest BCUT2D eigenvalue weighted by molar-refractivity contribution is 0.102. The number of carbonyl (C=O) groups is 1. The molecule has 4 aromatic rings. The predicted molar refractivity (Wildman–Crippen MR) is 105 cm³/mol. The van der Waals surface area contributed by atoms with Crippen molar-refractivity contribution in [1.82, 2.24) is 9.97 Å². The minimum absolute atomic E-state index is 0.216. The zero-order chi connectivity index (χ0) is 19.3. The molecule has 4 rings (SSSR count). The van der Waals surface area contributed by atoms with Crippen molar-refractivity contribution in [3.63, 3.8) is 0 Å². The van der Waals surface area contributed by atoms with Gasteiger partial charge in [0.25, 0.3) is 5.91 Å². The molecular formula is C22H17N3O3. The van der Waals surface area contributed by atoms with E-state index < -0.39 is 5.91 Å². The normalized spacial score (nSPS) is 10.5. The molecule has 0 atom stereocenters. The molecule has 0 bridgehead atoms. The number of anilines is 1. The minimum atomic E-state index is -0.394. The van der Waals surface area contributed by atoms with Gasteiger partial charge in [-0.1, -0.05) is 36.4 Å². The summed E-state index contributed by atoms with van der Waals surface area (Å²) >= 11 is 0. The van der Waals surface area contributed by atoms with E-state index >= 15 is 0 Å². The molecule has 6 heteroatoms. The highest BCUT2D eigenvalue weighted by molar-refractivity contribution is 6.04. The van der Waals surface area contributed by atoms with Crippen LogP contribution >= 0.6 is 0 Å². The largest absolute Gasteiger partial charge is 0.441 e. The second-order valence-electron chi connectivity index (χ2n) is 6.02. The monoisotopic (exact) mass is 371 g/mol. The summed E-state index contributed by atoms with van der Waals surface area (Å²) in [5.41, 5.74) is 1.47. The maximum Gasteiger partial charge on any atom is 0.278 e. The summed E-state index contributed by atoms with van der Waals surface area (Å²) in [4.78, 5) is 21.3. The molecule has 0 aliphatic rings. The van der Waals surface area contributed by atoms with Crippen LogP contribution in [-0.4, -0.2) is 15.9 Å². The van der Waals surface area contributed by atoms with E-state index in [4.69, 9.17) is 9.15 Å². The highest BCUT2D eigenvalue weighted by atomic mass is 16.5. The van der Waals surface area contributed by atoms with Gasteiger partial charge >= 0.3 is 0 Å². The number of rotatable bonds is 5. The van der Waals surface area contributed by atoms with Crippen LogP contribution in [0.15, 0.2) is 83.4 Å². The van der Waals surface area contributed by atoms with E-state index in [1.165, 1.54) is 0 Å². The smallest absolute Gasteiger partial charge is 0.278 e. The summed E-state index contributed by atoms with van der Waals surface area (Å²) in [7, 11) is 0. The fourth-order valence-electron chi connectivity index (χ4n) is 2.66. The van der Waals surface area contributed by atoms with Crippen LogP contribution in [0.2, 0.25) is 0 Å². The lowest BCUT2D eigenvalue weighted by Crippen LogP contribution is -2.14. The lowest BCUT2D eigenvalue weighted by Gasteiger charge is -2.10. The van der Waals surface area contributed by atoms with Crippen molar-refractivity contribution in [2.75, 3.05) is 5.32 Å². The summed E-state index contributed by atoms with van der Waals surface area (Å²) in [6, 6.07) is 22.1. The third-order valence-electron chi connectivity index (χ3n) is 4.01. The SMILES string of the molecule is Cc1oc(-c2ccccc2)nc1C(=O)Nc1cccnc1Oc1ccccc1. The Kier molecular flexibility index (Phi) is 4.84. The molecule has 0 fully saturated rings. The molecule has 138 valence electrons. The van der Waals surface area contributed by atoms with Gasteiger partial charge in [0.1, 0.15) is 17.2 Å². The summed E-state index contributed by atoms with van der Waals surface area (Å²) in [6.07, 6.45) is 1.60. The van der Waals surface area contributed by atoms with Crippen molar-refractivity contribution in [2.24, 2.45) is 0 Å². The first-order valence-electron chi connectivity index (χ1n) is 8.73. The van der Waals surface area contributed by atoms with E-state index in [9.17, 15) is 4.79 Å². The number of benzene rings is 2. The quantitative estimate of drug-likeness (QED) is 0.529. The van der Waals surface area contributed by atoms with Gasteiger partial charge in [-0.25, -0.2) is 9.97 Å². The number of ether oxygens (including phenoxy) is 1. The first-order chi connectivity index (χ1) is 13.7. The van der Waals surface area contributed by atoms with Crippen LogP contribution in [0.4, 0.5) is 5.69 Å². The maximum atomic E-state index is 12.8. The lowest BCUT2D eigenvalue weighted by atomic mass is 10.2. The molecule has 0 aliphatic carbocycles. The van der Waals surface area contributed by atoms with Crippen molar-refractivity contribution in [3.8, 4) is 23.1 Å². The maximum absolute atomic E-state index is 12.8. The van der Waals surface area contributed by atoms with Crippen LogP contribution in [0.3, 0.4) is 0 Å². The van der Waals surface area contributed by atoms with Crippen LogP contribution in [-0.2, 0) is 0 Å². The second kappa shape index (κ2) is 7.75. The number of amides is 1. The van der Waals surface area contributed by atoms with Gasteiger partial charge in [0.15, 0.2) is 5.69 Å². The molecule has 2 aromatic carbocycles. The zero-order valence-corrected chi connectivity index (χ0v) is 15.1. The summed E-state index contributed by atoms with van der Waals surface area (Å²) < 4.78 is 11.4. The molecule has 1 amide bonds. The summed E-state index contributed by atoms with van der Waals surface area (Å²) in [5.74, 6) is 1.36. The zero-order valence-electron chi connectivity index (χ0n) is 15.1. The standard InChI is InChI=1S/C22H17N3O3/c1-15-19(25-21(27-15)16-9-4-2-5-10-16)20(26)24-18-13-8-14-23-22(18)28-17-11-6-3-7-12-17/h2-14H,1H3,(H,24,26). The number of hydrogen-bond donors (Lipinski definition) is 1. The van der Waals surface area contributed by atoms with Crippen LogP contribution in [0.25, 0.3) is 11.5 Å². The second-order valence-corrected chi connectivity index (χ2v) is 6.02. The number of nitrogens with one attached hydrogen (secondary N) is 1. The Morgan fingerprint density at radius 3 is 2.43 bits per heavy atom. The van der Waals surface area contributed by atoms with Crippen molar-refractivity contribution < 1.29 is 13.9 Å². The van der Waals surface area contributed by atoms with Crippen LogP contribution in [0.1, 0.15) is 16.2 Å². The van der Waals surface area contributed by atoms with Crippen molar-refractivity contribution in [3.05, 3.63) is 90.4 Å². The molecule has 0 aliphatic heterocycles. The van der Waals surface area contributed by atoms with E-state index in [1.807, 2.05) is 60.7 Å². The van der Waals surface area contributed by atoms with Crippen molar-refractivity contribution >= 4 is 11.6 Å². The average Bonchev–Trinajstić information content (AvgIpc) is 3.13. The molecule has 0 saturated heterocycles. The molecule has 28 heavy (non-hydrogen) atoms. The van der Waals surface area contributed by atoms with Gasteiger partial charge in [-0.3, -0.25) is 4.79 Å². The van der Waals surface area contributed by atoms with E-state index in [0.717, 1.165) is 5.56 Å². The van der Waals surface area contributed by atoms with Gasteiger partial charge < -0.3 is 14.5 Å². The summed E-state index contributed by atoms with van der Waals surface area (Å²) in [5, 5.41) is 2.80. The Hall–Kier alpha value is -3.93. The molecule has 0 spiro atoms. The van der Waals surface area contributed by atoms with Crippen molar-refractivity contribution in [2.45, 2.75) is 6.92 Å². The summed E-state index contributed by atoms with van der Waals surface area (Å²) in [6.45, 7) is 1.71. The molecule has 2 heterocycles. The first kappa shape index (κ1) is 17.5. The Bertz CT molecular complexity index is 1090. The topological polar surface area (TPSA) is 77.3 Å².